The van der Waals surface area contributed by atoms with Crippen molar-refractivity contribution in [2.45, 2.75) is 38.6 Å². The van der Waals surface area contributed by atoms with Crippen LogP contribution >= 0.6 is 0 Å². The average Bonchev–Trinajstić information content (AvgIpc) is 2.45. The Kier molecular flexibility index (Phi) is 5.12. The van der Waals surface area contributed by atoms with Crippen LogP contribution in [0.4, 0.5) is 4.39 Å². The molecule has 2 rings (SSSR count). The normalized spacial score (nSPS) is 20.8. The molecule has 0 saturated carbocycles. The van der Waals surface area contributed by atoms with E-state index in [1.165, 1.54) is 6.07 Å². The zero-order chi connectivity index (χ0) is 14.5. The highest BCUT2D eigenvalue weighted by molar-refractivity contribution is 5.78. The smallest absolute Gasteiger partial charge is 0.225 e. The molecule has 1 saturated heterocycles. The molecule has 3 nitrogen and oxygen atoms in total. The molecule has 2 atom stereocenters. The molecule has 0 unspecified atom stereocenters. The zero-order valence-electron chi connectivity index (χ0n) is 12.0. The van der Waals surface area contributed by atoms with Crippen molar-refractivity contribution in [1.29, 1.82) is 0 Å². The second-order valence-corrected chi connectivity index (χ2v) is 5.72. The highest BCUT2D eigenvalue weighted by atomic mass is 19.1. The molecular weight excluding hydrogens is 255 g/mol. The van der Waals surface area contributed by atoms with Crippen molar-refractivity contribution in [2.75, 3.05) is 13.1 Å². The van der Waals surface area contributed by atoms with Crippen LogP contribution in [-0.2, 0) is 11.2 Å². The zero-order valence-corrected chi connectivity index (χ0v) is 12.0. The molecule has 2 N–H and O–H groups in total. The summed E-state index contributed by atoms with van der Waals surface area (Å²) in [5.41, 5.74) is 6.59. The van der Waals surface area contributed by atoms with Gasteiger partial charge in [0, 0.05) is 25.0 Å². The van der Waals surface area contributed by atoms with Gasteiger partial charge in [-0.25, -0.2) is 4.39 Å². The summed E-state index contributed by atoms with van der Waals surface area (Å²) in [4.78, 5) is 14.2. The molecule has 4 heteroatoms. The molecule has 0 spiro atoms. The van der Waals surface area contributed by atoms with E-state index >= 15 is 0 Å². The van der Waals surface area contributed by atoms with Gasteiger partial charge < -0.3 is 10.6 Å². The van der Waals surface area contributed by atoms with Gasteiger partial charge in [0.15, 0.2) is 0 Å². The summed E-state index contributed by atoms with van der Waals surface area (Å²) in [6.07, 6.45) is 3.24. The summed E-state index contributed by atoms with van der Waals surface area (Å²) in [6.45, 7) is 3.38. The molecule has 1 heterocycles. The van der Waals surface area contributed by atoms with Crippen molar-refractivity contribution >= 4 is 5.91 Å². The van der Waals surface area contributed by atoms with E-state index in [1.807, 2.05) is 17.9 Å². The Morgan fingerprint density at radius 2 is 2.25 bits per heavy atom. The molecule has 1 aliphatic rings. The number of piperidine rings is 1. The monoisotopic (exact) mass is 278 g/mol. The number of carbonyl (C=O) groups is 1. The van der Waals surface area contributed by atoms with Gasteiger partial charge in [-0.05, 0) is 37.3 Å². The van der Waals surface area contributed by atoms with Gasteiger partial charge in [0.05, 0.1) is 0 Å². The van der Waals surface area contributed by atoms with E-state index in [0.29, 0.717) is 24.9 Å². The van der Waals surface area contributed by atoms with E-state index in [2.05, 4.69) is 0 Å². The van der Waals surface area contributed by atoms with Gasteiger partial charge in [0.1, 0.15) is 5.82 Å². The van der Waals surface area contributed by atoms with E-state index in [9.17, 15) is 9.18 Å². The molecule has 0 aromatic heterocycles. The standard InChI is InChI=1S/C16H23FN2O/c1-12(8-9-13-5-2-3-7-15(13)17)16(20)19-10-4-6-14(18)11-19/h2-3,5,7,12,14H,4,6,8-11,18H2,1H3/t12-,14+/m0/s1. The molecular formula is C16H23FN2O. The van der Waals surface area contributed by atoms with Gasteiger partial charge >= 0.3 is 0 Å². The first-order valence-corrected chi connectivity index (χ1v) is 7.35. The van der Waals surface area contributed by atoms with E-state index < -0.39 is 0 Å². The van der Waals surface area contributed by atoms with Gasteiger partial charge in [-0.2, -0.15) is 0 Å². The lowest BCUT2D eigenvalue weighted by Crippen LogP contribution is -2.47. The van der Waals surface area contributed by atoms with Crippen LogP contribution in [0.5, 0.6) is 0 Å². The first-order valence-electron chi connectivity index (χ1n) is 7.35. The Bertz CT molecular complexity index is 464. The quantitative estimate of drug-likeness (QED) is 0.919. The molecule has 20 heavy (non-hydrogen) atoms. The molecule has 1 amide bonds. The SMILES string of the molecule is C[C@@H](CCc1ccccc1F)C(=O)N1CCC[C@@H](N)C1. The second kappa shape index (κ2) is 6.84. The summed E-state index contributed by atoms with van der Waals surface area (Å²) in [5, 5.41) is 0. The maximum absolute atomic E-state index is 13.5. The predicted octanol–water partition coefficient (Wildman–Crippen LogP) is 2.34. The van der Waals surface area contributed by atoms with Gasteiger partial charge in [-0.3, -0.25) is 4.79 Å². The number of likely N-dealkylation sites (tertiary alicyclic amines) is 1. The predicted molar refractivity (Wildman–Crippen MR) is 77.7 cm³/mol. The Morgan fingerprint density at radius 3 is 2.95 bits per heavy atom. The highest BCUT2D eigenvalue weighted by Crippen LogP contribution is 2.17. The summed E-state index contributed by atoms with van der Waals surface area (Å²) in [7, 11) is 0. The van der Waals surface area contributed by atoms with Crippen molar-refractivity contribution in [2.24, 2.45) is 11.7 Å². The largest absolute Gasteiger partial charge is 0.341 e. The third-order valence-electron chi connectivity index (χ3n) is 4.00. The van der Waals surface area contributed by atoms with Crippen molar-refractivity contribution < 1.29 is 9.18 Å². The number of carbonyl (C=O) groups excluding carboxylic acids is 1. The van der Waals surface area contributed by atoms with Gasteiger partial charge in [-0.1, -0.05) is 25.1 Å². The lowest BCUT2D eigenvalue weighted by atomic mass is 9.98. The first-order chi connectivity index (χ1) is 9.58. The van der Waals surface area contributed by atoms with Crippen LogP contribution in [0, 0.1) is 11.7 Å². The lowest BCUT2D eigenvalue weighted by molar-refractivity contribution is -0.136. The third-order valence-corrected chi connectivity index (χ3v) is 4.00. The number of hydrogen-bond donors (Lipinski definition) is 1. The topological polar surface area (TPSA) is 46.3 Å². The molecule has 1 aromatic rings. The minimum atomic E-state index is -0.188. The minimum absolute atomic E-state index is 0.0834. The van der Waals surface area contributed by atoms with Crippen LogP contribution < -0.4 is 5.73 Å². The second-order valence-electron chi connectivity index (χ2n) is 5.72. The summed E-state index contributed by atoms with van der Waals surface area (Å²) >= 11 is 0. The maximum atomic E-state index is 13.5. The molecule has 1 aromatic carbocycles. The van der Waals surface area contributed by atoms with Gasteiger partial charge in [0.2, 0.25) is 5.91 Å². The first kappa shape index (κ1) is 15.0. The van der Waals surface area contributed by atoms with Gasteiger partial charge in [0.25, 0.3) is 0 Å². The minimum Gasteiger partial charge on any atom is -0.341 e. The van der Waals surface area contributed by atoms with Crippen molar-refractivity contribution in [3.8, 4) is 0 Å². The molecule has 0 radical (unpaired) electrons. The molecule has 0 bridgehead atoms. The van der Waals surface area contributed by atoms with Crippen LogP contribution in [0.1, 0.15) is 31.7 Å². The fourth-order valence-corrected chi connectivity index (χ4v) is 2.72. The Hall–Kier alpha value is -1.42. The number of amides is 1. The average molecular weight is 278 g/mol. The van der Waals surface area contributed by atoms with Crippen LogP contribution in [0.15, 0.2) is 24.3 Å². The highest BCUT2D eigenvalue weighted by Gasteiger charge is 2.25. The van der Waals surface area contributed by atoms with E-state index in [1.54, 1.807) is 12.1 Å². The molecule has 1 aliphatic heterocycles. The number of rotatable bonds is 4. The van der Waals surface area contributed by atoms with E-state index in [-0.39, 0.29) is 23.7 Å². The summed E-state index contributed by atoms with van der Waals surface area (Å²) in [6, 6.07) is 6.86. The number of hydrogen-bond acceptors (Lipinski definition) is 2. The summed E-state index contributed by atoms with van der Waals surface area (Å²) in [5.74, 6) is -0.122. The number of halogens is 1. The number of aryl methyl sites for hydroxylation is 1. The number of nitrogens with zero attached hydrogens (tertiary/aromatic N) is 1. The fraction of sp³-hybridized carbons (Fsp3) is 0.562. The van der Waals surface area contributed by atoms with Crippen molar-refractivity contribution in [1.82, 2.24) is 4.90 Å². The summed E-state index contributed by atoms with van der Waals surface area (Å²) < 4.78 is 13.5. The Labute approximate surface area is 120 Å². The van der Waals surface area contributed by atoms with Crippen LogP contribution in [-0.4, -0.2) is 29.9 Å². The Morgan fingerprint density at radius 1 is 1.50 bits per heavy atom. The molecule has 1 fully saturated rings. The third kappa shape index (κ3) is 3.79. The lowest BCUT2D eigenvalue weighted by Gasteiger charge is -2.32. The fourth-order valence-electron chi connectivity index (χ4n) is 2.72. The van der Waals surface area contributed by atoms with Crippen LogP contribution in [0.2, 0.25) is 0 Å². The van der Waals surface area contributed by atoms with Crippen LogP contribution in [0.25, 0.3) is 0 Å². The maximum Gasteiger partial charge on any atom is 0.225 e. The Balaban J connectivity index is 1.86. The van der Waals surface area contributed by atoms with E-state index in [4.69, 9.17) is 5.73 Å². The van der Waals surface area contributed by atoms with Crippen molar-refractivity contribution in [3.63, 3.8) is 0 Å². The number of benzene rings is 1. The molecule has 0 aliphatic carbocycles. The van der Waals surface area contributed by atoms with Crippen molar-refractivity contribution in [3.05, 3.63) is 35.6 Å². The molecule has 110 valence electrons. The van der Waals surface area contributed by atoms with Gasteiger partial charge in [-0.15, -0.1) is 0 Å². The van der Waals surface area contributed by atoms with Crippen LogP contribution in [0.3, 0.4) is 0 Å². The number of nitrogens with two attached hydrogens (primary N) is 1. The van der Waals surface area contributed by atoms with E-state index in [0.717, 1.165) is 19.4 Å².